The summed E-state index contributed by atoms with van der Waals surface area (Å²) in [7, 11) is -0.920. The van der Waals surface area contributed by atoms with Gasteiger partial charge in [-0.3, -0.25) is 4.79 Å². The van der Waals surface area contributed by atoms with Gasteiger partial charge in [0.1, 0.15) is 12.4 Å². The smallest absolute Gasteiger partial charge is 0.310 e. The molecular weight excluding hydrogens is 286 g/mol. The Morgan fingerprint density at radius 2 is 1.95 bits per heavy atom. The van der Waals surface area contributed by atoms with Gasteiger partial charge in [-0.15, -0.1) is 0 Å². The van der Waals surface area contributed by atoms with Crippen LogP contribution in [0.15, 0.2) is 23.1 Å². The molecule has 0 heterocycles. The highest BCUT2D eigenvalue weighted by Gasteiger charge is 2.15. The van der Waals surface area contributed by atoms with Gasteiger partial charge in [0.2, 0.25) is 10.0 Å². The number of primary sulfonamides is 1. The highest BCUT2D eigenvalue weighted by Crippen LogP contribution is 2.22. The molecule has 0 saturated carbocycles. The molecule has 0 saturated heterocycles. The predicted molar refractivity (Wildman–Crippen MR) is 70.9 cm³/mol. The minimum absolute atomic E-state index is 0.0852. The third-order valence-corrected chi connectivity index (χ3v) is 3.38. The number of carbonyl (C=O) groups excluding carboxylic acids is 1. The van der Waals surface area contributed by atoms with E-state index in [0.29, 0.717) is 17.9 Å². The largest absolute Gasteiger partial charge is 0.496 e. The molecule has 1 aromatic carbocycles. The van der Waals surface area contributed by atoms with Crippen LogP contribution in [-0.4, -0.2) is 41.8 Å². The number of benzene rings is 1. The van der Waals surface area contributed by atoms with Crippen LogP contribution in [0, 0.1) is 0 Å². The second-order valence-corrected chi connectivity index (χ2v) is 5.47. The van der Waals surface area contributed by atoms with Crippen molar-refractivity contribution in [1.29, 1.82) is 0 Å². The third-order valence-electron chi connectivity index (χ3n) is 2.47. The van der Waals surface area contributed by atoms with Crippen molar-refractivity contribution < 1.29 is 27.4 Å². The van der Waals surface area contributed by atoms with Gasteiger partial charge < -0.3 is 14.2 Å². The minimum Gasteiger partial charge on any atom is -0.496 e. The van der Waals surface area contributed by atoms with Crippen molar-refractivity contribution in [3.8, 4) is 5.75 Å². The Hall–Kier alpha value is -1.64. The zero-order valence-corrected chi connectivity index (χ0v) is 12.1. The molecule has 2 N–H and O–H groups in total. The Kier molecular flexibility index (Phi) is 5.93. The maximum atomic E-state index is 11.6. The molecule has 0 unspecified atom stereocenters. The van der Waals surface area contributed by atoms with Crippen molar-refractivity contribution in [3.05, 3.63) is 23.8 Å². The fourth-order valence-electron chi connectivity index (χ4n) is 1.52. The van der Waals surface area contributed by atoms with E-state index in [2.05, 4.69) is 0 Å². The van der Waals surface area contributed by atoms with Crippen LogP contribution in [0.3, 0.4) is 0 Å². The van der Waals surface area contributed by atoms with Crippen molar-refractivity contribution in [2.75, 3.05) is 27.4 Å². The zero-order valence-electron chi connectivity index (χ0n) is 11.3. The molecule has 8 heteroatoms. The molecule has 20 heavy (non-hydrogen) atoms. The van der Waals surface area contributed by atoms with Crippen LogP contribution in [0.5, 0.6) is 5.75 Å². The van der Waals surface area contributed by atoms with E-state index in [9.17, 15) is 13.2 Å². The van der Waals surface area contributed by atoms with E-state index in [0.717, 1.165) is 0 Å². The maximum Gasteiger partial charge on any atom is 0.310 e. The zero-order chi connectivity index (χ0) is 15.2. The SMILES string of the molecule is COCCOC(=O)Cc1cc(S(N)(=O)=O)ccc1OC. The molecule has 0 spiro atoms. The monoisotopic (exact) mass is 303 g/mol. The second-order valence-electron chi connectivity index (χ2n) is 3.91. The van der Waals surface area contributed by atoms with Crippen LogP contribution in [0.25, 0.3) is 0 Å². The molecule has 0 bridgehead atoms. The van der Waals surface area contributed by atoms with Crippen molar-refractivity contribution in [1.82, 2.24) is 0 Å². The lowest BCUT2D eigenvalue weighted by molar-refractivity contribution is -0.144. The summed E-state index contributed by atoms with van der Waals surface area (Å²) in [5, 5.41) is 5.04. The van der Waals surface area contributed by atoms with Gasteiger partial charge >= 0.3 is 5.97 Å². The summed E-state index contributed by atoms with van der Waals surface area (Å²) in [6.07, 6.45) is -0.115. The Morgan fingerprint density at radius 1 is 1.25 bits per heavy atom. The molecule has 0 fully saturated rings. The van der Waals surface area contributed by atoms with Crippen molar-refractivity contribution >= 4 is 16.0 Å². The first-order chi connectivity index (χ1) is 9.38. The maximum absolute atomic E-state index is 11.6. The number of hydrogen-bond donors (Lipinski definition) is 1. The van der Waals surface area contributed by atoms with Crippen LogP contribution in [0.1, 0.15) is 5.56 Å². The van der Waals surface area contributed by atoms with E-state index >= 15 is 0 Å². The van der Waals surface area contributed by atoms with Crippen LogP contribution in [0.4, 0.5) is 0 Å². The molecule has 0 radical (unpaired) electrons. The van der Waals surface area contributed by atoms with Gasteiger partial charge in [0.05, 0.1) is 25.0 Å². The first kappa shape index (κ1) is 16.4. The Labute approximate surface area is 117 Å². The van der Waals surface area contributed by atoms with Gasteiger partial charge in [0, 0.05) is 12.7 Å². The number of ether oxygens (including phenoxy) is 3. The van der Waals surface area contributed by atoms with E-state index in [4.69, 9.17) is 19.3 Å². The molecule has 0 aliphatic rings. The fraction of sp³-hybridized carbons (Fsp3) is 0.417. The van der Waals surface area contributed by atoms with E-state index < -0.39 is 16.0 Å². The molecule has 1 aromatic rings. The summed E-state index contributed by atoms with van der Waals surface area (Å²) in [4.78, 5) is 11.5. The summed E-state index contributed by atoms with van der Waals surface area (Å²) in [6.45, 7) is 0.423. The average molecular weight is 303 g/mol. The highest BCUT2D eigenvalue weighted by molar-refractivity contribution is 7.89. The van der Waals surface area contributed by atoms with Gasteiger partial charge in [-0.05, 0) is 18.2 Å². The van der Waals surface area contributed by atoms with Crippen molar-refractivity contribution in [2.45, 2.75) is 11.3 Å². The number of methoxy groups -OCH3 is 2. The quantitative estimate of drug-likeness (QED) is 0.565. The minimum atomic E-state index is -3.83. The standard InChI is InChI=1S/C12H17NO6S/c1-17-5-6-19-12(14)8-9-7-10(20(13,15)16)3-4-11(9)18-2/h3-4,7H,5-6,8H2,1-2H3,(H2,13,15,16). The first-order valence-corrected chi connectivity index (χ1v) is 7.27. The topological polar surface area (TPSA) is 105 Å². The summed E-state index contributed by atoms with van der Waals surface area (Å²) in [6, 6.07) is 4.05. The second kappa shape index (κ2) is 7.22. The molecule has 112 valence electrons. The van der Waals surface area contributed by atoms with Gasteiger partial charge in [-0.1, -0.05) is 0 Å². The van der Waals surface area contributed by atoms with Gasteiger partial charge in [0.25, 0.3) is 0 Å². The molecule has 0 aromatic heterocycles. The van der Waals surface area contributed by atoms with E-state index in [1.807, 2.05) is 0 Å². The van der Waals surface area contributed by atoms with Crippen molar-refractivity contribution in [2.24, 2.45) is 5.14 Å². The predicted octanol–water partition coefficient (Wildman–Crippen LogP) is 0.0747. The van der Waals surface area contributed by atoms with E-state index in [1.165, 1.54) is 32.4 Å². The number of sulfonamides is 1. The Bertz CT molecular complexity index is 569. The number of nitrogens with two attached hydrogens (primary N) is 1. The van der Waals surface area contributed by atoms with Gasteiger partial charge in [-0.2, -0.15) is 0 Å². The number of carbonyl (C=O) groups is 1. The molecule has 7 nitrogen and oxygen atoms in total. The third kappa shape index (κ3) is 4.80. The summed E-state index contributed by atoms with van der Waals surface area (Å²) in [5.74, 6) is -0.118. The molecule has 0 atom stereocenters. The first-order valence-electron chi connectivity index (χ1n) is 5.72. The molecular formula is C12H17NO6S. The van der Waals surface area contributed by atoms with Crippen molar-refractivity contribution in [3.63, 3.8) is 0 Å². The summed E-state index contributed by atoms with van der Waals surface area (Å²) >= 11 is 0. The highest BCUT2D eigenvalue weighted by atomic mass is 32.2. The summed E-state index contributed by atoms with van der Waals surface area (Å²) in [5.41, 5.74) is 0.390. The number of esters is 1. The van der Waals surface area contributed by atoms with Crippen LogP contribution >= 0.6 is 0 Å². The Morgan fingerprint density at radius 3 is 2.50 bits per heavy atom. The number of hydrogen-bond acceptors (Lipinski definition) is 6. The number of rotatable bonds is 7. The van der Waals surface area contributed by atoms with Gasteiger partial charge in [-0.25, -0.2) is 13.6 Å². The van der Waals surface area contributed by atoms with Crippen LogP contribution in [-0.2, 0) is 30.7 Å². The Balaban J connectivity index is 2.89. The summed E-state index contributed by atoms with van der Waals surface area (Å²) < 4.78 is 37.3. The van der Waals surface area contributed by atoms with Crippen LogP contribution < -0.4 is 9.88 Å². The lowest BCUT2D eigenvalue weighted by Gasteiger charge is -2.10. The normalized spacial score (nSPS) is 11.2. The average Bonchev–Trinajstić information content (AvgIpc) is 2.38. The van der Waals surface area contributed by atoms with Crippen LogP contribution in [0.2, 0.25) is 0 Å². The molecule has 0 aliphatic carbocycles. The fourth-order valence-corrected chi connectivity index (χ4v) is 2.08. The molecule has 0 amide bonds. The lowest BCUT2D eigenvalue weighted by atomic mass is 10.1. The van der Waals surface area contributed by atoms with Gasteiger partial charge in [0.15, 0.2) is 0 Å². The molecule has 1 rings (SSSR count). The molecule has 0 aliphatic heterocycles. The van der Waals surface area contributed by atoms with E-state index in [1.54, 1.807) is 0 Å². The lowest BCUT2D eigenvalue weighted by Crippen LogP contribution is -2.15. The van der Waals surface area contributed by atoms with E-state index in [-0.39, 0.29) is 17.9 Å².